The zero-order valence-corrected chi connectivity index (χ0v) is 14.3. The van der Waals surface area contributed by atoms with Crippen LogP contribution >= 0.6 is 39.1 Å². The molecule has 1 atom stereocenters. The lowest BCUT2D eigenvalue weighted by Crippen LogP contribution is -2.09. The fraction of sp³-hybridized carbons (Fsp3) is 0.357. The Morgan fingerprint density at radius 3 is 2.70 bits per heavy atom. The highest BCUT2D eigenvalue weighted by molar-refractivity contribution is 9.10. The Balaban J connectivity index is 2.27. The number of rotatable bonds is 4. The second-order valence-corrected chi connectivity index (χ2v) is 6.19. The Hall–Kier alpha value is -0.550. The normalized spacial score (nSPS) is 12.7. The summed E-state index contributed by atoms with van der Waals surface area (Å²) in [6.07, 6.45) is -0.232. The molecule has 20 heavy (non-hydrogen) atoms. The molecule has 0 aliphatic carbocycles. The zero-order valence-electron chi connectivity index (χ0n) is 11.2. The standard InChI is InChI=1S/C14H15BrCl2N2O/c1-3-19-12(14(17)8(2)18-19)7-13(20)9-4-5-11(16)10(15)6-9/h4-6,13,20H,3,7H2,1-2H3. The van der Waals surface area contributed by atoms with E-state index in [-0.39, 0.29) is 0 Å². The molecule has 2 rings (SSSR count). The minimum Gasteiger partial charge on any atom is -0.388 e. The molecule has 6 heteroatoms. The van der Waals surface area contributed by atoms with Crippen LogP contribution in [-0.2, 0) is 13.0 Å². The van der Waals surface area contributed by atoms with Crippen molar-refractivity contribution in [2.45, 2.75) is 32.9 Å². The van der Waals surface area contributed by atoms with Crippen LogP contribution in [0.3, 0.4) is 0 Å². The predicted octanol–water partition coefficient (Wildman–Crippen LogP) is 4.56. The number of aliphatic hydroxyl groups excluding tert-OH is 1. The molecular weight excluding hydrogens is 363 g/mol. The zero-order chi connectivity index (χ0) is 14.9. The number of benzene rings is 1. The molecule has 1 aromatic heterocycles. The topological polar surface area (TPSA) is 38.0 Å². The second kappa shape index (κ2) is 6.48. The van der Waals surface area contributed by atoms with Crippen LogP contribution in [0.5, 0.6) is 0 Å². The summed E-state index contributed by atoms with van der Waals surface area (Å²) >= 11 is 15.6. The molecule has 1 aromatic carbocycles. The maximum absolute atomic E-state index is 10.4. The van der Waals surface area contributed by atoms with Gasteiger partial charge in [0.25, 0.3) is 0 Å². The monoisotopic (exact) mass is 376 g/mol. The molecule has 0 bridgehead atoms. The molecule has 2 aromatic rings. The Labute approximate surface area is 136 Å². The lowest BCUT2D eigenvalue weighted by Gasteiger charge is -2.13. The van der Waals surface area contributed by atoms with Gasteiger partial charge in [-0.25, -0.2) is 0 Å². The van der Waals surface area contributed by atoms with Crippen molar-refractivity contribution >= 4 is 39.1 Å². The molecule has 1 N–H and O–H groups in total. The quantitative estimate of drug-likeness (QED) is 0.848. The van der Waals surface area contributed by atoms with E-state index < -0.39 is 6.10 Å². The van der Waals surface area contributed by atoms with Crippen LogP contribution in [0.15, 0.2) is 22.7 Å². The summed E-state index contributed by atoms with van der Waals surface area (Å²) in [5.41, 5.74) is 2.43. The van der Waals surface area contributed by atoms with E-state index >= 15 is 0 Å². The van der Waals surface area contributed by atoms with Crippen molar-refractivity contribution in [3.8, 4) is 0 Å². The van der Waals surface area contributed by atoms with Gasteiger partial charge in [0.1, 0.15) is 0 Å². The Morgan fingerprint density at radius 2 is 2.10 bits per heavy atom. The largest absolute Gasteiger partial charge is 0.388 e. The molecular formula is C14H15BrCl2N2O. The van der Waals surface area contributed by atoms with Crippen molar-refractivity contribution in [2.24, 2.45) is 0 Å². The van der Waals surface area contributed by atoms with E-state index in [2.05, 4.69) is 21.0 Å². The fourth-order valence-electron chi connectivity index (χ4n) is 2.08. The highest BCUT2D eigenvalue weighted by atomic mass is 79.9. The molecule has 0 aliphatic heterocycles. The summed E-state index contributed by atoms with van der Waals surface area (Å²) in [6.45, 7) is 4.58. The second-order valence-electron chi connectivity index (χ2n) is 4.56. The molecule has 3 nitrogen and oxygen atoms in total. The maximum Gasteiger partial charge on any atom is 0.0848 e. The Kier molecular flexibility index (Phi) is 5.13. The van der Waals surface area contributed by atoms with E-state index in [1.54, 1.807) is 6.07 Å². The molecule has 0 saturated carbocycles. The van der Waals surface area contributed by atoms with Crippen LogP contribution in [0.25, 0.3) is 0 Å². The predicted molar refractivity (Wildman–Crippen MR) is 85.5 cm³/mol. The number of halogens is 3. The van der Waals surface area contributed by atoms with E-state index in [0.29, 0.717) is 16.5 Å². The molecule has 0 spiro atoms. The third kappa shape index (κ3) is 3.19. The molecule has 0 amide bonds. The minimum absolute atomic E-state index is 0.418. The molecule has 0 radical (unpaired) electrons. The summed E-state index contributed by atoms with van der Waals surface area (Å²) < 4.78 is 2.59. The Bertz CT molecular complexity index is 628. The summed E-state index contributed by atoms with van der Waals surface area (Å²) in [4.78, 5) is 0. The molecule has 108 valence electrons. The van der Waals surface area contributed by atoms with Crippen LogP contribution in [0.2, 0.25) is 10.0 Å². The van der Waals surface area contributed by atoms with E-state index in [1.165, 1.54) is 0 Å². The van der Waals surface area contributed by atoms with Gasteiger partial charge in [0, 0.05) is 17.4 Å². The van der Waals surface area contributed by atoms with Gasteiger partial charge in [-0.2, -0.15) is 5.10 Å². The molecule has 0 aliphatic rings. The number of hydrogen-bond acceptors (Lipinski definition) is 2. The lowest BCUT2D eigenvalue weighted by atomic mass is 10.0. The van der Waals surface area contributed by atoms with E-state index in [1.807, 2.05) is 30.7 Å². The fourth-order valence-corrected chi connectivity index (χ4v) is 2.81. The highest BCUT2D eigenvalue weighted by Gasteiger charge is 2.18. The van der Waals surface area contributed by atoms with Crippen molar-refractivity contribution in [3.05, 3.63) is 49.7 Å². The molecule has 1 heterocycles. The summed E-state index contributed by atoms with van der Waals surface area (Å²) in [7, 11) is 0. The van der Waals surface area contributed by atoms with Crippen molar-refractivity contribution in [1.29, 1.82) is 0 Å². The van der Waals surface area contributed by atoms with Gasteiger partial charge in [-0.15, -0.1) is 0 Å². The van der Waals surface area contributed by atoms with Gasteiger partial charge in [-0.3, -0.25) is 4.68 Å². The third-order valence-electron chi connectivity index (χ3n) is 3.17. The average molecular weight is 378 g/mol. The first-order valence-corrected chi connectivity index (χ1v) is 7.83. The molecule has 0 saturated heterocycles. The smallest absolute Gasteiger partial charge is 0.0848 e. The molecule has 1 unspecified atom stereocenters. The first kappa shape index (κ1) is 15.8. The van der Waals surface area contributed by atoms with Crippen LogP contribution in [0.4, 0.5) is 0 Å². The Morgan fingerprint density at radius 1 is 1.40 bits per heavy atom. The molecule has 0 fully saturated rings. The van der Waals surface area contributed by atoms with Gasteiger partial charge in [0.2, 0.25) is 0 Å². The first-order valence-electron chi connectivity index (χ1n) is 6.28. The number of aryl methyl sites for hydroxylation is 2. The van der Waals surface area contributed by atoms with Crippen molar-refractivity contribution in [1.82, 2.24) is 9.78 Å². The number of hydrogen-bond donors (Lipinski definition) is 1. The van der Waals surface area contributed by atoms with Gasteiger partial charge >= 0.3 is 0 Å². The van der Waals surface area contributed by atoms with Gasteiger partial charge in [-0.05, 0) is 47.5 Å². The average Bonchev–Trinajstić information content (AvgIpc) is 2.69. The number of aliphatic hydroxyl groups is 1. The van der Waals surface area contributed by atoms with Crippen LogP contribution < -0.4 is 0 Å². The summed E-state index contributed by atoms with van der Waals surface area (Å²) in [5, 5.41) is 16.0. The van der Waals surface area contributed by atoms with Gasteiger partial charge in [0.15, 0.2) is 0 Å². The minimum atomic E-state index is -0.650. The van der Waals surface area contributed by atoms with E-state index in [0.717, 1.165) is 28.0 Å². The maximum atomic E-state index is 10.4. The van der Waals surface area contributed by atoms with Crippen LogP contribution in [0, 0.1) is 6.92 Å². The van der Waals surface area contributed by atoms with Crippen molar-refractivity contribution in [3.63, 3.8) is 0 Å². The van der Waals surface area contributed by atoms with Crippen molar-refractivity contribution in [2.75, 3.05) is 0 Å². The lowest BCUT2D eigenvalue weighted by molar-refractivity contribution is 0.175. The van der Waals surface area contributed by atoms with E-state index in [9.17, 15) is 5.11 Å². The number of nitrogens with zero attached hydrogens (tertiary/aromatic N) is 2. The van der Waals surface area contributed by atoms with Crippen LogP contribution in [0.1, 0.15) is 30.0 Å². The summed E-state index contributed by atoms with van der Waals surface area (Å²) in [5.74, 6) is 0. The summed E-state index contributed by atoms with van der Waals surface area (Å²) in [6, 6.07) is 5.39. The van der Waals surface area contributed by atoms with Crippen LogP contribution in [-0.4, -0.2) is 14.9 Å². The van der Waals surface area contributed by atoms with Gasteiger partial charge in [0.05, 0.1) is 27.5 Å². The highest BCUT2D eigenvalue weighted by Crippen LogP contribution is 2.29. The third-order valence-corrected chi connectivity index (χ3v) is 4.87. The van der Waals surface area contributed by atoms with E-state index in [4.69, 9.17) is 23.2 Å². The van der Waals surface area contributed by atoms with Gasteiger partial charge in [-0.1, -0.05) is 29.3 Å². The first-order chi connectivity index (χ1) is 9.43. The SMILES string of the molecule is CCn1nc(C)c(Cl)c1CC(O)c1ccc(Cl)c(Br)c1. The number of aromatic nitrogens is 2. The van der Waals surface area contributed by atoms with Gasteiger partial charge < -0.3 is 5.11 Å². The van der Waals surface area contributed by atoms with Crippen molar-refractivity contribution < 1.29 is 5.11 Å².